The molecule has 0 bridgehead atoms. The van der Waals surface area contributed by atoms with Crippen LogP contribution in [-0.4, -0.2) is 4.98 Å². The summed E-state index contributed by atoms with van der Waals surface area (Å²) in [6.45, 7) is 9.39. The van der Waals surface area contributed by atoms with Gasteiger partial charge in [0.1, 0.15) is 0 Å². The van der Waals surface area contributed by atoms with E-state index >= 15 is 0 Å². The highest BCUT2D eigenvalue weighted by Crippen LogP contribution is 2.53. The van der Waals surface area contributed by atoms with Gasteiger partial charge in [0.15, 0.2) is 0 Å². The average molecular weight is 286 g/mol. The van der Waals surface area contributed by atoms with Crippen LogP contribution in [0.5, 0.6) is 0 Å². The van der Waals surface area contributed by atoms with Crippen LogP contribution in [0.25, 0.3) is 11.3 Å². The Kier molecular flexibility index (Phi) is 2.94. The van der Waals surface area contributed by atoms with Gasteiger partial charge in [-0.15, -0.1) is 11.3 Å². The lowest BCUT2D eigenvalue weighted by Gasteiger charge is -2.40. The molecule has 2 N–H and O–H groups in total. The minimum Gasteiger partial charge on any atom is -0.390 e. The summed E-state index contributed by atoms with van der Waals surface area (Å²) in [5.74, 6) is 0. The molecule has 2 heterocycles. The van der Waals surface area contributed by atoms with E-state index in [0.717, 1.165) is 17.1 Å². The van der Waals surface area contributed by atoms with Crippen molar-refractivity contribution in [3.8, 4) is 11.3 Å². The number of aromatic nitrogens is 1. The molecular weight excluding hydrogens is 264 g/mol. The average Bonchev–Trinajstić information content (AvgIpc) is 2.65. The zero-order valence-corrected chi connectivity index (χ0v) is 13.5. The van der Waals surface area contributed by atoms with E-state index in [-0.39, 0.29) is 5.41 Å². The van der Waals surface area contributed by atoms with E-state index in [1.165, 1.54) is 22.4 Å². The maximum absolute atomic E-state index is 6.34. The number of thiophene rings is 1. The second kappa shape index (κ2) is 4.32. The van der Waals surface area contributed by atoms with Crippen molar-refractivity contribution in [1.82, 2.24) is 4.98 Å². The van der Waals surface area contributed by atoms with Gasteiger partial charge in [0.05, 0.1) is 10.7 Å². The van der Waals surface area contributed by atoms with Gasteiger partial charge in [-0.3, -0.25) is 4.98 Å². The summed E-state index contributed by atoms with van der Waals surface area (Å²) in [5, 5.41) is 0.916. The maximum atomic E-state index is 6.34. The van der Waals surface area contributed by atoms with E-state index in [0.29, 0.717) is 5.41 Å². The van der Waals surface area contributed by atoms with E-state index in [1.807, 2.05) is 18.3 Å². The van der Waals surface area contributed by atoms with Crippen LogP contribution in [0.15, 0.2) is 24.4 Å². The van der Waals surface area contributed by atoms with E-state index in [2.05, 4.69) is 38.7 Å². The fourth-order valence-corrected chi connectivity index (χ4v) is 5.00. The summed E-state index contributed by atoms with van der Waals surface area (Å²) in [4.78, 5) is 5.97. The van der Waals surface area contributed by atoms with Gasteiger partial charge in [-0.25, -0.2) is 0 Å². The van der Waals surface area contributed by atoms with Gasteiger partial charge in [-0.2, -0.15) is 0 Å². The zero-order chi connectivity index (χ0) is 14.5. The first-order valence-electron chi connectivity index (χ1n) is 7.13. The van der Waals surface area contributed by atoms with Crippen LogP contribution in [0.2, 0.25) is 0 Å². The molecule has 0 spiro atoms. The third-order valence-electron chi connectivity index (χ3n) is 4.15. The highest BCUT2D eigenvalue weighted by molar-refractivity contribution is 7.17. The van der Waals surface area contributed by atoms with Gasteiger partial charge in [-0.05, 0) is 41.4 Å². The molecule has 0 saturated carbocycles. The van der Waals surface area contributed by atoms with Crippen molar-refractivity contribution in [3.05, 3.63) is 34.8 Å². The van der Waals surface area contributed by atoms with Gasteiger partial charge >= 0.3 is 0 Å². The Morgan fingerprint density at radius 3 is 2.60 bits per heavy atom. The van der Waals surface area contributed by atoms with Crippen LogP contribution in [-0.2, 0) is 11.8 Å². The predicted octanol–water partition coefficient (Wildman–Crippen LogP) is 4.64. The van der Waals surface area contributed by atoms with Gasteiger partial charge in [0.2, 0.25) is 0 Å². The molecule has 0 radical (unpaired) electrons. The standard InChI is InChI=1S/C17H22N2S/c1-16(2)9-11-13(12-7-5-6-8-19-12)15(18)20-14(11)17(3,4)10-16/h5-8H,9-10,18H2,1-4H3. The number of pyridine rings is 1. The number of hydrogen-bond donors (Lipinski definition) is 1. The Morgan fingerprint density at radius 2 is 1.95 bits per heavy atom. The van der Waals surface area contributed by atoms with Crippen molar-refractivity contribution in [2.45, 2.75) is 46.0 Å². The Balaban J connectivity index is 2.23. The third kappa shape index (κ3) is 2.14. The smallest absolute Gasteiger partial charge is 0.0957 e. The molecule has 106 valence electrons. The minimum absolute atomic E-state index is 0.197. The van der Waals surface area contributed by atoms with Gasteiger partial charge < -0.3 is 5.73 Å². The van der Waals surface area contributed by atoms with E-state index in [1.54, 1.807) is 11.3 Å². The number of fused-ring (bicyclic) bond motifs is 1. The van der Waals surface area contributed by atoms with Gasteiger partial charge in [0, 0.05) is 16.6 Å². The molecule has 1 aliphatic carbocycles. The summed E-state index contributed by atoms with van der Waals surface area (Å²) in [7, 11) is 0. The van der Waals surface area contributed by atoms with Crippen LogP contribution in [0, 0.1) is 5.41 Å². The largest absolute Gasteiger partial charge is 0.390 e. The number of nitrogen functional groups attached to an aromatic ring is 1. The topological polar surface area (TPSA) is 38.9 Å². The molecule has 3 heteroatoms. The van der Waals surface area contributed by atoms with Crippen LogP contribution >= 0.6 is 11.3 Å². The van der Waals surface area contributed by atoms with Crippen molar-refractivity contribution >= 4 is 16.3 Å². The Hall–Kier alpha value is -1.35. The molecule has 2 aromatic rings. The SMILES string of the molecule is CC1(C)Cc2c(sc(N)c2-c2ccccn2)C(C)(C)C1. The number of hydrogen-bond acceptors (Lipinski definition) is 3. The molecule has 0 aromatic carbocycles. The molecule has 0 aliphatic heterocycles. The summed E-state index contributed by atoms with van der Waals surface area (Å²) in [5.41, 5.74) is 10.5. The lowest BCUT2D eigenvalue weighted by Crippen LogP contribution is -2.33. The molecule has 20 heavy (non-hydrogen) atoms. The summed E-state index contributed by atoms with van der Waals surface area (Å²) in [6.07, 6.45) is 4.14. The molecular formula is C17H22N2S. The highest BCUT2D eigenvalue weighted by Gasteiger charge is 2.40. The lowest BCUT2D eigenvalue weighted by molar-refractivity contribution is 0.236. The molecule has 2 nitrogen and oxygen atoms in total. The fourth-order valence-electron chi connectivity index (χ4n) is 3.81. The summed E-state index contributed by atoms with van der Waals surface area (Å²) < 4.78 is 0. The third-order valence-corrected chi connectivity index (χ3v) is 5.57. The monoisotopic (exact) mass is 286 g/mol. The number of anilines is 1. The summed E-state index contributed by atoms with van der Waals surface area (Å²) >= 11 is 1.76. The number of nitrogens with zero attached hydrogens (tertiary/aromatic N) is 1. The van der Waals surface area contributed by atoms with Crippen molar-refractivity contribution in [2.75, 3.05) is 5.73 Å². The van der Waals surface area contributed by atoms with Gasteiger partial charge in [-0.1, -0.05) is 33.8 Å². The van der Waals surface area contributed by atoms with Crippen LogP contribution in [0.4, 0.5) is 5.00 Å². The normalized spacial score (nSPS) is 19.6. The first-order valence-corrected chi connectivity index (χ1v) is 7.95. The molecule has 3 rings (SSSR count). The maximum Gasteiger partial charge on any atom is 0.0957 e. The molecule has 1 aliphatic rings. The first kappa shape index (κ1) is 13.6. The van der Waals surface area contributed by atoms with Crippen molar-refractivity contribution in [1.29, 1.82) is 0 Å². The van der Waals surface area contributed by atoms with Crippen LogP contribution < -0.4 is 5.73 Å². The van der Waals surface area contributed by atoms with E-state index in [9.17, 15) is 0 Å². The van der Waals surface area contributed by atoms with Crippen molar-refractivity contribution in [2.24, 2.45) is 5.41 Å². The molecule has 0 amide bonds. The van der Waals surface area contributed by atoms with Crippen molar-refractivity contribution < 1.29 is 0 Å². The molecule has 2 aromatic heterocycles. The first-order chi connectivity index (χ1) is 9.30. The molecule has 0 unspecified atom stereocenters. The van der Waals surface area contributed by atoms with Crippen molar-refractivity contribution in [3.63, 3.8) is 0 Å². The molecule has 0 atom stereocenters. The number of rotatable bonds is 1. The van der Waals surface area contributed by atoms with E-state index < -0.39 is 0 Å². The quantitative estimate of drug-likeness (QED) is 0.829. The van der Waals surface area contributed by atoms with Gasteiger partial charge in [0.25, 0.3) is 0 Å². The second-order valence-electron chi connectivity index (χ2n) is 7.27. The van der Waals surface area contributed by atoms with Crippen LogP contribution in [0.3, 0.4) is 0 Å². The Bertz CT molecular complexity index is 639. The minimum atomic E-state index is 0.197. The number of nitrogens with two attached hydrogens (primary N) is 1. The second-order valence-corrected chi connectivity index (χ2v) is 8.32. The molecule has 0 saturated heterocycles. The Morgan fingerprint density at radius 1 is 1.20 bits per heavy atom. The zero-order valence-electron chi connectivity index (χ0n) is 12.7. The highest BCUT2D eigenvalue weighted by atomic mass is 32.1. The van der Waals surface area contributed by atoms with Crippen LogP contribution in [0.1, 0.15) is 44.6 Å². The molecule has 0 fully saturated rings. The fraction of sp³-hybridized carbons (Fsp3) is 0.471. The summed E-state index contributed by atoms with van der Waals surface area (Å²) in [6, 6.07) is 6.05. The predicted molar refractivity (Wildman–Crippen MR) is 87.1 cm³/mol. The Labute approximate surface area is 125 Å². The van der Waals surface area contributed by atoms with E-state index in [4.69, 9.17) is 5.73 Å². The lowest BCUT2D eigenvalue weighted by atomic mass is 9.65.